The van der Waals surface area contributed by atoms with E-state index in [1.807, 2.05) is 0 Å². The van der Waals surface area contributed by atoms with Crippen LogP contribution in [0.1, 0.15) is 58.8 Å². The molecule has 3 heteroatoms. The minimum Gasteiger partial charge on any atom is -0.380 e. The molecule has 118 valence electrons. The third-order valence-corrected chi connectivity index (χ3v) is 5.10. The molecule has 2 rings (SSSR count). The summed E-state index contributed by atoms with van der Waals surface area (Å²) in [5.41, 5.74) is 0. The molecule has 2 aliphatic rings. The van der Waals surface area contributed by atoms with Gasteiger partial charge in [-0.25, -0.2) is 0 Å². The van der Waals surface area contributed by atoms with Gasteiger partial charge in [0.2, 0.25) is 0 Å². The van der Waals surface area contributed by atoms with Gasteiger partial charge in [0, 0.05) is 38.3 Å². The predicted molar refractivity (Wildman–Crippen MR) is 85.1 cm³/mol. The summed E-state index contributed by atoms with van der Waals surface area (Å²) in [5, 5.41) is 3.77. The zero-order chi connectivity index (χ0) is 14.2. The van der Waals surface area contributed by atoms with Gasteiger partial charge < -0.3 is 10.1 Å². The fourth-order valence-electron chi connectivity index (χ4n) is 3.84. The number of ether oxygens (including phenoxy) is 1. The Morgan fingerprint density at radius 2 is 1.90 bits per heavy atom. The van der Waals surface area contributed by atoms with Crippen LogP contribution in [0.5, 0.6) is 0 Å². The topological polar surface area (TPSA) is 24.5 Å². The summed E-state index contributed by atoms with van der Waals surface area (Å²) < 4.78 is 5.73. The molecular formula is C17H34N2O. The maximum absolute atomic E-state index is 5.73. The largest absolute Gasteiger partial charge is 0.380 e. The van der Waals surface area contributed by atoms with Crippen LogP contribution in [0.2, 0.25) is 0 Å². The van der Waals surface area contributed by atoms with E-state index in [1.165, 1.54) is 51.6 Å². The lowest BCUT2D eigenvalue weighted by Gasteiger charge is -2.45. The van der Waals surface area contributed by atoms with Gasteiger partial charge in [0.15, 0.2) is 0 Å². The van der Waals surface area contributed by atoms with Gasteiger partial charge in [-0.3, -0.25) is 4.90 Å². The van der Waals surface area contributed by atoms with Crippen molar-refractivity contribution >= 4 is 0 Å². The van der Waals surface area contributed by atoms with E-state index in [9.17, 15) is 0 Å². The molecule has 0 spiro atoms. The van der Waals surface area contributed by atoms with Gasteiger partial charge in [-0.05, 0) is 31.6 Å². The van der Waals surface area contributed by atoms with Crippen LogP contribution in [0.25, 0.3) is 0 Å². The zero-order valence-corrected chi connectivity index (χ0v) is 13.6. The number of hydrogen-bond donors (Lipinski definition) is 1. The molecule has 2 atom stereocenters. The SMILES string of the molecule is CCCOCCN1CC(CC)NCC1C1CCCCC1. The van der Waals surface area contributed by atoms with Crippen molar-refractivity contribution in [2.75, 3.05) is 32.8 Å². The average molecular weight is 282 g/mol. The molecule has 20 heavy (non-hydrogen) atoms. The Bertz CT molecular complexity index is 253. The van der Waals surface area contributed by atoms with Crippen LogP contribution in [0, 0.1) is 5.92 Å². The van der Waals surface area contributed by atoms with Crippen LogP contribution in [-0.2, 0) is 4.74 Å². The van der Waals surface area contributed by atoms with E-state index >= 15 is 0 Å². The third-order valence-electron chi connectivity index (χ3n) is 5.10. The number of piperazine rings is 1. The van der Waals surface area contributed by atoms with Gasteiger partial charge in [0.05, 0.1) is 6.61 Å². The first-order chi connectivity index (χ1) is 9.85. The van der Waals surface area contributed by atoms with Crippen molar-refractivity contribution in [2.24, 2.45) is 5.92 Å². The number of nitrogens with one attached hydrogen (secondary N) is 1. The highest BCUT2D eigenvalue weighted by Gasteiger charge is 2.33. The Morgan fingerprint density at radius 3 is 2.60 bits per heavy atom. The lowest BCUT2D eigenvalue weighted by atomic mass is 9.82. The second-order valence-corrected chi connectivity index (χ2v) is 6.59. The first-order valence-corrected chi connectivity index (χ1v) is 8.90. The minimum absolute atomic E-state index is 0.681. The van der Waals surface area contributed by atoms with Crippen LogP contribution in [0.3, 0.4) is 0 Å². The number of nitrogens with zero attached hydrogens (tertiary/aromatic N) is 1. The Labute approximate surface area is 125 Å². The molecule has 1 heterocycles. The highest BCUT2D eigenvalue weighted by atomic mass is 16.5. The molecule has 2 fully saturated rings. The number of hydrogen-bond acceptors (Lipinski definition) is 3. The van der Waals surface area contributed by atoms with Crippen molar-refractivity contribution in [1.29, 1.82) is 0 Å². The van der Waals surface area contributed by atoms with Crippen LogP contribution in [0.4, 0.5) is 0 Å². The lowest BCUT2D eigenvalue weighted by Crippen LogP contribution is -2.59. The summed E-state index contributed by atoms with van der Waals surface area (Å²) in [6, 6.07) is 1.43. The smallest absolute Gasteiger partial charge is 0.0593 e. The Balaban J connectivity index is 1.85. The van der Waals surface area contributed by atoms with Crippen molar-refractivity contribution in [3.63, 3.8) is 0 Å². The lowest BCUT2D eigenvalue weighted by molar-refractivity contribution is 0.0358. The molecule has 1 N–H and O–H groups in total. The van der Waals surface area contributed by atoms with Gasteiger partial charge in [-0.1, -0.05) is 33.1 Å². The summed E-state index contributed by atoms with van der Waals surface area (Å²) in [6.45, 7) is 9.83. The van der Waals surface area contributed by atoms with Gasteiger partial charge in [0.25, 0.3) is 0 Å². The predicted octanol–water partition coefficient (Wildman–Crippen LogP) is 3.05. The minimum atomic E-state index is 0.681. The van der Waals surface area contributed by atoms with Crippen LogP contribution in [0.15, 0.2) is 0 Å². The fraction of sp³-hybridized carbons (Fsp3) is 1.00. The molecule has 1 saturated heterocycles. The van der Waals surface area contributed by atoms with Crippen LogP contribution < -0.4 is 5.32 Å². The summed E-state index contributed by atoms with van der Waals surface area (Å²) in [4.78, 5) is 2.73. The number of rotatable bonds is 7. The molecule has 3 nitrogen and oxygen atoms in total. The van der Waals surface area contributed by atoms with E-state index in [0.29, 0.717) is 6.04 Å². The van der Waals surface area contributed by atoms with E-state index < -0.39 is 0 Å². The molecule has 0 amide bonds. The fourth-order valence-corrected chi connectivity index (χ4v) is 3.84. The standard InChI is InChI=1S/C17H34N2O/c1-3-11-20-12-10-19-14-16(4-2)18-13-17(19)15-8-6-5-7-9-15/h15-18H,3-14H2,1-2H3. The molecule has 1 aliphatic heterocycles. The summed E-state index contributed by atoms with van der Waals surface area (Å²) in [5.74, 6) is 0.917. The van der Waals surface area contributed by atoms with Crippen molar-refractivity contribution < 1.29 is 4.74 Å². The first kappa shape index (κ1) is 16.3. The summed E-state index contributed by atoms with van der Waals surface area (Å²) in [7, 11) is 0. The molecule has 2 unspecified atom stereocenters. The Morgan fingerprint density at radius 1 is 1.10 bits per heavy atom. The molecule has 1 aliphatic carbocycles. The van der Waals surface area contributed by atoms with E-state index in [1.54, 1.807) is 0 Å². The molecular weight excluding hydrogens is 248 g/mol. The molecule has 0 bridgehead atoms. The highest BCUT2D eigenvalue weighted by Crippen LogP contribution is 2.30. The second kappa shape index (κ2) is 9.01. The zero-order valence-electron chi connectivity index (χ0n) is 13.6. The van der Waals surface area contributed by atoms with Crippen molar-refractivity contribution in [2.45, 2.75) is 70.9 Å². The van der Waals surface area contributed by atoms with Crippen molar-refractivity contribution in [3.8, 4) is 0 Å². The molecule has 0 radical (unpaired) electrons. The van der Waals surface area contributed by atoms with Gasteiger partial charge in [0.1, 0.15) is 0 Å². The second-order valence-electron chi connectivity index (χ2n) is 6.59. The molecule has 0 aromatic heterocycles. The Hall–Kier alpha value is -0.120. The van der Waals surface area contributed by atoms with Crippen molar-refractivity contribution in [3.05, 3.63) is 0 Å². The maximum Gasteiger partial charge on any atom is 0.0593 e. The van der Waals surface area contributed by atoms with E-state index in [4.69, 9.17) is 4.74 Å². The van der Waals surface area contributed by atoms with E-state index in [2.05, 4.69) is 24.1 Å². The first-order valence-electron chi connectivity index (χ1n) is 8.90. The summed E-state index contributed by atoms with van der Waals surface area (Å²) >= 11 is 0. The quantitative estimate of drug-likeness (QED) is 0.726. The maximum atomic E-state index is 5.73. The van der Waals surface area contributed by atoms with Crippen LogP contribution in [-0.4, -0.2) is 49.8 Å². The highest BCUT2D eigenvalue weighted by molar-refractivity contribution is 4.90. The molecule has 0 aromatic rings. The van der Waals surface area contributed by atoms with E-state index in [-0.39, 0.29) is 0 Å². The van der Waals surface area contributed by atoms with Crippen LogP contribution >= 0.6 is 0 Å². The van der Waals surface area contributed by atoms with Crippen molar-refractivity contribution in [1.82, 2.24) is 10.2 Å². The molecule has 1 saturated carbocycles. The van der Waals surface area contributed by atoms with Gasteiger partial charge >= 0.3 is 0 Å². The normalized spacial score (nSPS) is 29.7. The average Bonchev–Trinajstić information content (AvgIpc) is 2.52. The van der Waals surface area contributed by atoms with E-state index in [0.717, 1.165) is 38.1 Å². The molecule has 0 aromatic carbocycles. The third kappa shape index (κ3) is 4.71. The van der Waals surface area contributed by atoms with Gasteiger partial charge in [-0.15, -0.1) is 0 Å². The summed E-state index contributed by atoms with van der Waals surface area (Å²) in [6.07, 6.45) is 9.59. The van der Waals surface area contributed by atoms with Gasteiger partial charge in [-0.2, -0.15) is 0 Å². The Kier molecular flexibility index (Phi) is 7.32. The monoisotopic (exact) mass is 282 g/mol.